The number of aromatic carboxylic acids is 1. The van der Waals surface area contributed by atoms with Gasteiger partial charge in [0, 0.05) is 37.6 Å². The maximum atomic E-state index is 12.8. The fraction of sp³-hybridized carbons (Fsp3) is 0.208. The highest BCUT2D eigenvalue weighted by Crippen LogP contribution is 2.28. The van der Waals surface area contributed by atoms with Crippen LogP contribution in [0.1, 0.15) is 15.9 Å². The number of para-hydroxylation sites is 1. The Balaban J connectivity index is 1.54. The number of carboxylic acid groups (broad SMARTS) is 1. The van der Waals surface area contributed by atoms with Crippen molar-refractivity contribution in [3.05, 3.63) is 83.9 Å². The number of carboxylic acids is 1. The summed E-state index contributed by atoms with van der Waals surface area (Å²) in [6, 6.07) is 21.4. The molecule has 3 aromatic rings. The van der Waals surface area contributed by atoms with E-state index in [1.165, 1.54) is 12.1 Å². The van der Waals surface area contributed by atoms with Crippen LogP contribution in [0.15, 0.2) is 77.7 Å². The molecule has 0 radical (unpaired) electrons. The number of carbonyl (C=O) groups is 1. The molecule has 4 rings (SSSR count). The van der Waals surface area contributed by atoms with Crippen LogP contribution in [0.5, 0.6) is 0 Å². The van der Waals surface area contributed by atoms with Crippen LogP contribution >= 0.6 is 0 Å². The van der Waals surface area contributed by atoms with Crippen molar-refractivity contribution in [3.63, 3.8) is 0 Å². The number of sulfonamides is 1. The Morgan fingerprint density at radius 2 is 1.50 bits per heavy atom. The Hall–Kier alpha value is -3.52. The Labute approximate surface area is 188 Å². The van der Waals surface area contributed by atoms with Crippen LogP contribution in [0.3, 0.4) is 0 Å². The lowest BCUT2D eigenvalue weighted by Gasteiger charge is -2.38. The number of hydrogen-bond donors (Lipinski definition) is 2. The fourth-order valence-corrected chi connectivity index (χ4v) is 5.26. The first kappa shape index (κ1) is 21.7. The molecule has 0 bridgehead atoms. The Morgan fingerprint density at radius 1 is 0.875 bits per heavy atom. The van der Waals surface area contributed by atoms with Gasteiger partial charge in [0.15, 0.2) is 0 Å². The summed E-state index contributed by atoms with van der Waals surface area (Å²) in [5.41, 5.74) is 2.64. The van der Waals surface area contributed by atoms with E-state index in [1.807, 2.05) is 23.1 Å². The average molecular weight is 452 g/mol. The molecule has 32 heavy (non-hydrogen) atoms. The maximum absolute atomic E-state index is 12.8. The summed E-state index contributed by atoms with van der Waals surface area (Å²) in [7, 11) is -3.83. The smallest absolute Gasteiger partial charge is 0.337 e. The number of rotatable bonds is 6. The predicted molar refractivity (Wildman–Crippen MR) is 126 cm³/mol. The van der Waals surface area contributed by atoms with Gasteiger partial charge in [0.25, 0.3) is 10.0 Å². The lowest BCUT2D eigenvalue weighted by atomic mass is 10.1. The monoisotopic (exact) mass is 451 g/mol. The summed E-state index contributed by atoms with van der Waals surface area (Å²) in [4.78, 5) is 16.4. The van der Waals surface area contributed by atoms with Gasteiger partial charge in [-0.05, 0) is 48.9 Å². The van der Waals surface area contributed by atoms with Gasteiger partial charge in [-0.25, -0.2) is 13.2 Å². The van der Waals surface area contributed by atoms with Crippen molar-refractivity contribution in [2.24, 2.45) is 0 Å². The fourth-order valence-electron chi connectivity index (χ4n) is 3.96. The highest BCUT2D eigenvalue weighted by atomic mass is 32.2. The van der Waals surface area contributed by atoms with Crippen LogP contribution in [-0.4, -0.2) is 45.7 Å². The second kappa shape index (κ2) is 8.92. The molecule has 8 heteroatoms. The van der Waals surface area contributed by atoms with Gasteiger partial charge in [0.2, 0.25) is 0 Å². The van der Waals surface area contributed by atoms with Crippen LogP contribution < -0.4 is 14.5 Å². The van der Waals surface area contributed by atoms with Crippen molar-refractivity contribution in [2.45, 2.75) is 11.8 Å². The van der Waals surface area contributed by atoms with Gasteiger partial charge < -0.3 is 14.9 Å². The van der Waals surface area contributed by atoms with Crippen molar-refractivity contribution in [1.29, 1.82) is 0 Å². The van der Waals surface area contributed by atoms with Crippen LogP contribution in [0, 0.1) is 6.92 Å². The third-order valence-electron chi connectivity index (χ3n) is 5.60. The van der Waals surface area contributed by atoms with Gasteiger partial charge in [0.05, 0.1) is 16.1 Å². The van der Waals surface area contributed by atoms with Gasteiger partial charge in [-0.3, -0.25) is 4.72 Å². The van der Waals surface area contributed by atoms with E-state index in [1.54, 1.807) is 37.3 Å². The summed E-state index contributed by atoms with van der Waals surface area (Å²) < 4.78 is 28.1. The molecule has 1 aliphatic heterocycles. The van der Waals surface area contributed by atoms with Crippen LogP contribution in [0.2, 0.25) is 0 Å². The largest absolute Gasteiger partial charge is 0.478 e. The number of piperazine rings is 1. The van der Waals surface area contributed by atoms with E-state index in [0.29, 0.717) is 24.3 Å². The molecule has 0 amide bonds. The Bertz CT molecular complexity index is 1220. The molecular weight excluding hydrogens is 426 g/mol. The van der Waals surface area contributed by atoms with E-state index in [0.717, 1.165) is 18.8 Å². The molecule has 2 N–H and O–H groups in total. The van der Waals surface area contributed by atoms with E-state index >= 15 is 0 Å². The van der Waals surface area contributed by atoms with Gasteiger partial charge in [0.1, 0.15) is 0 Å². The number of anilines is 3. The Morgan fingerprint density at radius 3 is 2.16 bits per heavy atom. The minimum absolute atomic E-state index is 0.0724. The molecule has 1 aliphatic rings. The van der Waals surface area contributed by atoms with Gasteiger partial charge in [-0.2, -0.15) is 0 Å². The third kappa shape index (κ3) is 4.55. The molecule has 1 heterocycles. The first-order valence-corrected chi connectivity index (χ1v) is 11.8. The molecule has 0 aromatic heterocycles. The zero-order chi connectivity index (χ0) is 22.7. The molecule has 0 spiro atoms. The summed E-state index contributed by atoms with van der Waals surface area (Å²) in [5.74, 6) is -1.09. The SMILES string of the molecule is Cc1ccccc1S(=O)(=O)Nc1ccc(N2CCN(c3ccccc3)CC2)c(C(=O)O)c1. The molecule has 1 saturated heterocycles. The molecule has 0 unspecified atom stereocenters. The number of hydrogen-bond acceptors (Lipinski definition) is 5. The van der Waals surface area contributed by atoms with Gasteiger partial charge in [-0.15, -0.1) is 0 Å². The van der Waals surface area contributed by atoms with Crippen molar-refractivity contribution in [3.8, 4) is 0 Å². The molecule has 3 aromatic carbocycles. The standard InChI is InChI=1S/C24H25N3O4S/c1-18-7-5-6-10-23(18)32(30,31)25-19-11-12-22(21(17-19)24(28)29)27-15-13-26(14-16-27)20-8-3-2-4-9-20/h2-12,17,25H,13-16H2,1H3,(H,28,29). The van der Waals surface area contributed by atoms with Crippen molar-refractivity contribution in [1.82, 2.24) is 0 Å². The third-order valence-corrected chi connectivity index (χ3v) is 7.15. The first-order valence-electron chi connectivity index (χ1n) is 10.4. The molecule has 0 aliphatic carbocycles. The number of nitrogens with zero attached hydrogens (tertiary/aromatic N) is 2. The van der Waals surface area contributed by atoms with E-state index in [2.05, 4.69) is 21.8 Å². The summed E-state index contributed by atoms with van der Waals surface area (Å²) in [5, 5.41) is 9.80. The molecule has 1 fully saturated rings. The van der Waals surface area contributed by atoms with E-state index < -0.39 is 16.0 Å². The highest BCUT2D eigenvalue weighted by Gasteiger charge is 2.23. The average Bonchev–Trinajstić information content (AvgIpc) is 2.79. The number of benzene rings is 3. The van der Waals surface area contributed by atoms with E-state index in [4.69, 9.17) is 0 Å². The number of aryl methyl sites for hydroxylation is 1. The molecule has 0 saturated carbocycles. The van der Waals surface area contributed by atoms with Crippen molar-refractivity contribution >= 4 is 33.1 Å². The number of nitrogens with one attached hydrogen (secondary N) is 1. The van der Waals surface area contributed by atoms with E-state index in [-0.39, 0.29) is 16.1 Å². The summed E-state index contributed by atoms with van der Waals surface area (Å²) in [6.07, 6.45) is 0. The zero-order valence-corrected chi connectivity index (χ0v) is 18.5. The van der Waals surface area contributed by atoms with E-state index in [9.17, 15) is 18.3 Å². The minimum Gasteiger partial charge on any atom is -0.478 e. The zero-order valence-electron chi connectivity index (χ0n) is 17.7. The quantitative estimate of drug-likeness (QED) is 0.592. The van der Waals surface area contributed by atoms with Crippen LogP contribution in [0.4, 0.5) is 17.1 Å². The summed E-state index contributed by atoms with van der Waals surface area (Å²) in [6.45, 7) is 4.60. The first-order chi connectivity index (χ1) is 15.3. The second-order valence-corrected chi connectivity index (χ2v) is 9.37. The van der Waals surface area contributed by atoms with Crippen LogP contribution in [0.25, 0.3) is 0 Å². The second-order valence-electron chi connectivity index (χ2n) is 7.72. The van der Waals surface area contributed by atoms with Gasteiger partial charge in [-0.1, -0.05) is 36.4 Å². The minimum atomic E-state index is -3.83. The lowest BCUT2D eigenvalue weighted by molar-refractivity contribution is 0.0697. The van der Waals surface area contributed by atoms with Gasteiger partial charge >= 0.3 is 5.97 Å². The lowest BCUT2D eigenvalue weighted by Crippen LogP contribution is -2.47. The molecule has 0 atom stereocenters. The maximum Gasteiger partial charge on any atom is 0.337 e. The molecule has 7 nitrogen and oxygen atoms in total. The highest BCUT2D eigenvalue weighted by molar-refractivity contribution is 7.92. The normalized spacial score (nSPS) is 14.3. The molecule has 166 valence electrons. The van der Waals surface area contributed by atoms with Crippen molar-refractivity contribution in [2.75, 3.05) is 40.7 Å². The topological polar surface area (TPSA) is 90.0 Å². The van der Waals surface area contributed by atoms with Crippen LogP contribution in [-0.2, 0) is 10.0 Å². The van der Waals surface area contributed by atoms with Crippen molar-refractivity contribution < 1.29 is 18.3 Å². The molecular formula is C24H25N3O4S. The predicted octanol–water partition coefficient (Wildman–Crippen LogP) is 3.82. The Kier molecular flexibility index (Phi) is 6.05. The summed E-state index contributed by atoms with van der Waals surface area (Å²) >= 11 is 0.